The highest BCUT2D eigenvalue weighted by atomic mass is 16.5. The van der Waals surface area contributed by atoms with E-state index >= 15 is 0 Å². The molecule has 1 fully saturated rings. The molecule has 7 nitrogen and oxygen atoms in total. The Hall–Kier alpha value is -2.28. The van der Waals surface area contributed by atoms with Crippen LogP contribution < -0.4 is 0 Å². The van der Waals surface area contributed by atoms with Crippen LogP contribution in [0.4, 0.5) is 0 Å². The number of fused-ring (bicyclic) bond motifs is 1. The van der Waals surface area contributed by atoms with Crippen LogP contribution >= 0.6 is 0 Å². The summed E-state index contributed by atoms with van der Waals surface area (Å²) in [5.74, 6) is 0.651. The van der Waals surface area contributed by atoms with E-state index in [4.69, 9.17) is 4.74 Å². The van der Waals surface area contributed by atoms with E-state index in [-0.39, 0.29) is 12.0 Å². The molecule has 0 bridgehead atoms. The highest BCUT2D eigenvalue weighted by Crippen LogP contribution is 2.29. The first-order valence-electron chi connectivity index (χ1n) is 7.98. The largest absolute Gasteiger partial charge is 0.374 e. The van der Waals surface area contributed by atoms with E-state index in [9.17, 15) is 4.79 Å². The van der Waals surface area contributed by atoms with E-state index in [0.29, 0.717) is 31.1 Å². The summed E-state index contributed by atoms with van der Waals surface area (Å²) in [5, 5.41) is 11.9. The Balaban J connectivity index is 1.54. The summed E-state index contributed by atoms with van der Waals surface area (Å²) < 4.78 is 7.99. The summed E-state index contributed by atoms with van der Waals surface area (Å²) in [6, 6.07) is 3.64. The predicted octanol–water partition coefficient (Wildman–Crippen LogP) is 1.12. The van der Waals surface area contributed by atoms with Crippen LogP contribution in [0.5, 0.6) is 0 Å². The summed E-state index contributed by atoms with van der Waals surface area (Å²) in [7, 11) is 0. The van der Waals surface area contributed by atoms with Gasteiger partial charge in [-0.05, 0) is 30.9 Å². The van der Waals surface area contributed by atoms with Gasteiger partial charge in [0.25, 0.3) is 5.91 Å². The average Bonchev–Trinajstić information content (AvgIpc) is 3.35. The molecule has 1 atom stereocenters. The van der Waals surface area contributed by atoms with Crippen molar-refractivity contribution in [1.29, 1.82) is 0 Å². The number of carbonyl (C=O) groups excluding carboxylic acids is 1. The van der Waals surface area contributed by atoms with E-state index in [1.807, 2.05) is 15.6 Å². The van der Waals surface area contributed by atoms with Crippen LogP contribution in [0.2, 0.25) is 0 Å². The van der Waals surface area contributed by atoms with Gasteiger partial charge >= 0.3 is 0 Å². The molecular formula is C16H19N5O2. The monoisotopic (exact) mass is 313 g/mol. The summed E-state index contributed by atoms with van der Waals surface area (Å²) in [6.07, 6.45) is 7.29. The van der Waals surface area contributed by atoms with Gasteiger partial charge in [-0.2, -0.15) is 15.3 Å². The Bertz CT molecular complexity index is 683. The summed E-state index contributed by atoms with van der Waals surface area (Å²) in [6.45, 7) is 2.56. The van der Waals surface area contributed by atoms with Crippen LogP contribution in [-0.2, 0) is 17.8 Å². The summed E-state index contributed by atoms with van der Waals surface area (Å²) in [4.78, 5) is 14.6. The zero-order chi connectivity index (χ0) is 15.6. The molecule has 4 rings (SSSR count). The lowest BCUT2D eigenvalue weighted by Crippen LogP contribution is -2.37. The third-order valence-corrected chi connectivity index (χ3v) is 4.34. The van der Waals surface area contributed by atoms with E-state index in [1.54, 1.807) is 12.3 Å². The van der Waals surface area contributed by atoms with Gasteiger partial charge in [0.1, 0.15) is 0 Å². The molecule has 0 spiro atoms. The Morgan fingerprint density at radius 2 is 2.13 bits per heavy atom. The molecule has 1 saturated carbocycles. The van der Waals surface area contributed by atoms with Gasteiger partial charge in [-0.25, -0.2) is 0 Å². The van der Waals surface area contributed by atoms with E-state index < -0.39 is 0 Å². The van der Waals surface area contributed by atoms with Gasteiger partial charge in [0.2, 0.25) is 0 Å². The molecule has 1 aliphatic carbocycles. The van der Waals surface area contributed by atoms with Crippen molar-refractivity contribution < 1.29 is 9.53 Å². The van der Waals surface area contributed by atoms with Gasteiger partial charge in [0.05, 0.1) is 42.8 Å². The lowest BCUT2D eigenvalue weighted by Gasteiger charge is -2.24. The van der Waals surface area contributed by atoms with E-state index in [2.05, 4.69) is 15.3 Å². The second kappa shape index (κ2) is 6.08. The molecule has 1 amide bonds. The fourth-order valence-corrected chi connectivity index (χ4v) is 2.83. The zero-order valence-electron chi connectivity index (χ0n) is 12.8. The van der Waals surface area contributed by atoms with Crippen LogP contribution in [0.1, 0.15) is 28.9 Å². The molecule has 0 aromatic carbocycles. The number of aromatic nitrogens is 4. The number of carbonyl (C=O) groups is 1. The number of hydrogen-bond donors (Lipinski definition) is 0. The number of ether oxygens (including phenoxy) is 1. The van der Waals surface area contributed by atoms with Crippen molar-refractivity contribution in [2.75, 3.05) is 13.2 Å². The molecule has 0 N–H and O–H groups in total. The van der Waals surface area contributed by atoms with Crippen molar-refractivity contribution in [3.8, 4) is 0 Å². The van der Waals surface area contributed by atoms with Gasteiger partial charge in [-0.3, -0.25) is 9.48 Å². The summed E-state index contributed by atoms with van der Waals surface area (Å²) >= 11 is 0. The van der Waals surface area contributed by atoms with Crippen molar-refractivity contribution in [3.63, 3.8) is 0 Å². The number of hydrogen-bond acceptors (Lipinski definition) is 5. The maximum absolute atomic E-state index is 12.8. The quantitative estimate of drug-likeness (QED) is 0.846. The molecule has 23 heavy (non-hydrogen) atoms. The molecule has 0 saturated heterocycles. The standard InChI is InChI=1S/C16H19N5O2/c22-16(13-3-5-17-18-7-13)20-8-14-4-6-19-21(14)10-15(9-20)23-11-12-1-2-12/h3-7,12,15H,1-2,8-11H2. The van der Waals surface area contributed by atoms with E-state index in [0.717, 1.165) is 12.3 Å². The minimum atomic E-state index is -0.0467. The van der Waals surface area contributed by atoms with Crippen molar-refractivity contribution in [2.45, 2.75) is 32.0 Å². The third-order valence-electron chi connectivity index (χ3n) is 4.34. The number of amides is 1. The van der Waals surface area contributed by atoms with Crippen molar-refractivity contribution >= 4 is 5.91 Å². The van der Waals surface area contributed by atoms with Gasteiger partial charge < -0.3 is 9.64 Å². The zero-order valence-corrected chi connectivity index (χ0v) is 12.8. The molecule has 1 aliphatic heterocycles. The van der Waals surface area contributed by atoms with Gasteiger partial charge in [-0.15, -0.1) is 0 Å². The molecule has 0 radical (unpaired) electrons. The Kier molecular flexibility index (Phi) is 3.78. The SMILES string of the molecule is O=C(c1ccnnc1)N1Cc2ccnn2CC(OCC2CC2)C1. The number of nitrogens with zero attached hydrogens (tertiary/aromatic N) is 5. The topological polar surface area (TPSA) is 73.1 Å². The van der Waals surface area contributed by atoms with Crippen molar-refractivity contribution in [2.24, 2.45) is 5.92 Å². The maximum atomic E-state index is 12.8. The molecule has 120 valence electrons. The average molecular weight is 313 g/mol. The highest BCUT2D eigenvalue weighted by Gasteiger charge is 2.29. The molecule has 3 heterocycles. The molecule has 2 aliphatic rings. The fraction of sp³-hybridized carbons (Fsp3) is 0.500. The normalized spacial score (nSPS) is 20.9. The van der Waals surface area contributed by atoms with E-state index in [1.165, 1.54) is 25.2 Å². The van der Waals surface area contributed by atoms with Crippen molar-refractivity contribution in [1.82, 2.24) is 24.9 Å². The lowest BCUT2D eigenvalue weighted by molar-refractivity contribution is 0.0136. The Morgan fingerprint density at radius 1 is 1.22 bits per heavy atom. The van der Waals surface area contributed by atoms with Crippen LogP contribution in [-0.4, -0.2) is 50.0 Å². The minimum absolute atomic E-state index is 0.0319. The van der Waals surface area contributed by atoms with Crippen LogP contribution in [0.3, 0.4) is 0 Å². The number of rotatable bonds is 4. The van der Waals surface area contributed by atoms with Gasteiger partial charge in [0.15, 0.2) is 0 Å². The molecule has 1 unspecified atom stereocenters. The smallest absolute Gasteiger partial charge is 0.255 e. The molecule has 2 aromatic heterocycles. The lowest BCUT2D eigenvalue weighted by atomic mass is 10.2. The Labute approximate surface area is 134 Å². The molecule has 7 heteroatoms. The maximum Gasteiger partial charge on any atom is 0.255 e. The second-order valence-corrected chi connectivity index (χ2v) is 6.22. The first-order valence-corrected chi connectivity index (χ1v) is 7.98. The first-order chi connectivity index (χ1) is 11.3. The molecular weight excluding hydrogens is 294 g/mol. The third kappa shape index (κ3) is 3.24. The fourth-order valence-electron chi connectivity index (χ4n) is 2.83. The van der Waals surface area contributed by atoms with Gasteiger partial charge in [0, 0.05) is 19.3 Å². The van der Waals surface area contributed by atoms with Gasteiger partial charge in [-0.1, -0.05) is 0 Å². The predicted molar refractivity (Wildman–Crippen MR) is 81.5 cm³/mol. The first kappa shape index (κ1) is 14.3. The summed E-state index contributed by atoms with van der Waals surface area (Å²) in [5.41, 5.74) is 1.58. The van der Waals surface area contributed by atoms with Crippen LogP contribution in [0, 0.1) is 5.92 Å². The molecule has 2 aromatic rings. The van der Waals surface area contributed by atoms with Crippen molar-refractivity contribution in [3.05, 3.63) is 42.0 Å². The highest BCUT2D eigenvalue weighted by molar-refractivity contribution is 5.93. The van der Waals surface area contributed by atoms with Crippen LogP contribution in [0.25, 0.3) is 0 Å². The van der Waals surface area contributed by atoms with Crippen LogP contribution in [0.15, 0.2) is 30.7 Å². The second-order valence-electron chi connectivity index (χ2n) is 6.22. The minimum Gasteiger partial charge on any atom is -0.374 e. The Morgan fingerprint density at radius 3 is 2.91 bits per heavy atom.